The molecular formula is C20H15ClO3. The molecule has 3 aromatic rings. The predicted molar refractivity (Wildman–Crippen MR) is 97.0 cm³/mol. The number of carbonyl (C=O) groups excluding carboxylic acids is 1. The van der Waals surface area contributed by atoms with Gasteiger partial charge in [-0.05, 0) is 29.8 Å². The number of methoxy groups -OCH3 is 1. The molecule has 0 aliphatic heterocycles. The number of rotatable bonds is 4. The van der Waals surface area contributed by atoms with Gasteiger partial charge in [-0.2, -0.15) is 0 Å². The largest absolute Gasteiger partial charge is 0.507 e. The van der Waals surface area contributed by atoms with Crippen LogP contribution in [0.3, 0.4) is 0 Å². The van der Waals surface area contributed by atoms with Crippen LogP contribution in [-0.4, -0.2) is 18.0 Å². The SMILES string of the molecule is COc1ccc(/C=C/C(=O)c2cc(Cl)c3ccccc3c2O)cc1. The van der Waals surface area contributed by atoms with Crippen LogP contribution in [0, 0.1) is 0 Å². The Bertz CT molecular complexity index is 928. The Morgan fingerprint density at radius 3 is 2.42 bits per heavy atom. The first-order valence-electron chi connectivity index (χ1n) is 7.37. The van der Waals surface area contributed by atoms with E-state index < -0.39 is 0 Å². The number of aromatic hydroxyl groups is 1. The summed E-state index contributed by atoms with van der Waals surface area (Å²) in [5.74, 6) is 0.382. The molecule has 0 bridgehead atoms. The number of phenols is 1. The molecule has 0 aliphatic rings. The molecule has 0 spiro atoms. The average Bonchev–Trinajstić information content (AvgIpc) is 2.63. The van der Waals surface area contributed by atoms with E-state index in [4.69, 9.17) is 16.3 Å². The number of halogens is 1. The highest BCUT2D eigenvalue weighted by Gasteiger charge is 2.14. The van der Waals surface area contributed by atoms with Gasteiger partial charge in [-0.15, -0.1) is 0 Å². The van der Waals surface area contributed by atoms with Crippen molar-refractivity contribution in [2.24, 2.45) is 0 Å². The predicted octanol–water partition coefficient (Wildman–Crippen LogP) is 5.10. The van der Waals surface area contributed by atoms with E-state index in [2.05, 4.69) is 0 Å². The van der Waals surface area contributed by atoms with Crippen LogP contribution >= 0.6 is 11.6 Å². The van der Waals surface area contributed by atoms with E-state index in [1.807, 2.05) is 30.3 Å². The molecule has 4 heteroatoms. The number of fused-ring (bicyclic) bond motifs is 1. The molecule has 3 rings (SSSR count). The Kier molecular flexibility index (Phi) is 4.54. The van der Waals surface area contributed by atoms with Gasteiger partial charge in [0.05, 0.1) is 12.7 Å². The topological polar surface area (TPSA) is 46.5 Å². The first-order chi connectivity index (χ1) is 11.6. The van der Waals surface area contributed by atoms with Gasteiger partial charge in [0, 0.05) is 15.8 Å². The van der Waals surface area contributed by atoms with Crippen molar-refractivity contribution < 1.29 is 14.6 Å². The van der Waals surface area contributed by atoms with Crippen LogP contribution in [0.25, 0.3) is 16.8 Å². The maximum absolute atomic E-state index is 12.4. The number of hydrogen-bond donors (Lipinski definition) is 1. The van der Waals surface area contributed by atoms with E-state index >= 15 is 0 Å². The van der Waals surface area contributed by atoms with E-state index in [1.165, 1.54) is 12.1 Å². The molecule has 0 unspecified atom stereocenters. The van der Waals surface area contributed by atoms with Crippen molar-refractivity contribution in [3.05, 3.63) is 76.8 Å². The first-order valence-corrected chi connectivity index (χ1v) is 7.74. The van der Waals surface area contributed by atoms with Gasteiger partial charge in [-0.3, -0.25) is 4.79 Å². The average molecular weight is 339 g/mol. The number of ether oxygens (including phenoxy) is 1. The zero-order valence-corrected chi connectivity index (χ0v) is 13.7. The normalized spacial score (nSPS) is 11.1. The summed E-state index contributed by atoms with van der Waals surface area (Å²) in [5, 5.41) is 12.1. The molecule has 24 heavy (non-hydrogen) atoms. The monoisotopic (exact) mass is 338 g/mol. The molecule has 0 fully saturated rings. The standard InChI is InChI=1S/C20H15ClO3/c1-24-14-9-6-13(7-10-14)8-11-19(22)17-12-18(21)15-4-2-3-5-16(15)20(17)23/h2-12,23H,1H3/b11-8+. The smallest absolute Gasteiger partial charge is 0.189 e. The number of carbonyl (C=O) groups is 1. The second-order valence-corrected chi connectivity index (χ2v) is 5.68. The third-order valence-electron chi connectivity index (χ3n) is 3.77. The van der Waals surface area contributed by atoms with Gasteiger partial charge in [-0.1, -0.05) is 54.1 Å². The van der Waals surface area contributed by atoms with Crippen LogP contribution < -0.4 is 4.74 Å². The van der Waals surface area contributed by atoms with Crippen molar-refractivity contribution in [1.82, 2.24) is 0 Å². The fourth-order valence-corrected chi connectivity index (χ4v) is 2.75. The van der Waals surface area contributed by atoms with E-state index in [1.54, 1.807) is 31.4 Å². The molecule has 1 N–H and O–H groups in total. The highest BCUT2D eigenvalue weighted by atomic mass is 35.5. The molecule has 3 aromatic carbocycles. The van der Waals surface area contributed by atoms with E-state index in [9.17, 15) is 9.90 Å². The van der Waals surface area contributed by atoms with Crippen molar-refractivity contribution in [2.75, 3.05) is 7.11 Å². The molecule has 0 aromatic heterocycles. The van der Waals surface area contributed by atoms with Crippen molar-refractivity contribution in [2.45, 2.75) is 0 Å². The molecule has 0 heterocycles. The van der Waals surface area contributed by atoms with Crippen molar-refractivity contribution in [3.8, 4) is 11.5 Å². The summed E-state index contributed by atoms with van der Waals surface area (Å²) >= 11 is 6.23. The lowest BCUT2D eigenvalue weighted by molar-refractivity contribution is 0.104. The van der Waals surface area contributed by atoms with E-state index in [0.29, 0.717) is 15.8 Å². The van der Waals surface area contributed by atoms with Crippen molar-refractivity contribution in [1.29, 1.82) is 0 Å². The molecule has 0 saturated heterocycles. The molecule has 0 radical (unpaired) electrons. The second-order valence-electron chi connectivity index (χ2n) is 5.27. The molecule has 0 aliphatic carbocycles. The van der Waals surface area contributed by atoms with Crippen LogP contribution in [0.4, 0.5) is 0 Å². The summed E-state index contributed by atoms with van der Waals surface area (Å²) < 4.78 is 5.10. The Morgan fingerprint density at radius 2 is 1.75 bits per heavy atom. The van der Waals surface area contributed by atoms with Gasteiger partial charge < -0.3 is 9.84 Å². The zero-order valence-electron chi connectivity index (χ0n) is 13.0. The third kappa shape index (κ3) is 3.12. The van der Waals surface area contributed by atoms with Crippen LogP contribution in [-0.2, 0) is 0 Å². The fraction of sp³-hybridized carbons (Fsp3) is 0.0500. The minimum Gasteiger partial charge on any atom is -0.507 e. The number of phenolic OH excluding ortho intramolecular Hbond substituents is 1. The lowest BCUT2D eigenvalue weighted by Gasteiger charge is -2.07. The number of benzene rings is 3. The summed E-state index contributed by atoms with van der Waals surface area (Å²) in [6.07, 6.45) is 3.10. The highest BCUT2D eigenvalue weighted by molar-refractivity contribution is 6.36. The lowest BCUT2D eigenvalue weighted by atomic mass is 10.0. The van der Waals surface area contributed by atoms with Crippen LogP contribution in [0.1, 0.15) is 15.9 Å². The summed E-state index contributed by atoms with van der Waals surface area (Å²) in [6, 6.07) is 16.0. The van der Waals surface area contributed by atoms with E-state index in [0.717, 1.165) is 11.3 Å². The Morgan fingerprint density at radius 1 is 1.08 bits per heavy atom. The maximum atomic E-state index is 12.4. The van der Waals surface area contributed by atoms with Gasteiger partial charge in [-0.25, -0.2) is 0 Å². The minimum absolute atomic E-state index is 0.0561. The van der Waals surface area contributed by atoms with Gasteiger partial charge in [0.1, 0.15) is 11.5 Å². The number of allylic oxidation sites excluding steroid dienone is 1. The quantitative estimate of drug-likeness (QED) is 0.531. The van der Waals surface area contributed by atoms with Crippen molar-refractivity contribution in [3.63, 3.8) is 0 Å². The van der Waals surface area contributed by atoms with Crippen molar-refractivity contribution >= 4 is 34.2 Å². The second kappa shape index (κ2) is 6.77. The lowest BCUT2D eigenvalue weighted by Crippen LogP contribution is -1.96. The highest BCUT2D eigenvalue weighted by Crippen LogP contribution is 2.34. The van der Waals surface area contributed by atoms with Gasteiger partial charge >= 0.3 is 0 Å². The molecule has 0 amide bonds. The summed E-state index contributed by atoms with van der Waals surface area (Å²) in [6.45, 7) is 0. The number of ketones is 1. The minimum atomic E-state index is -0.309. The fourth-order valence-electron chi connectivity index (χ4n) is 2.48. The van der Waals surface area contributed by atoms with Crippen LogP contribution in [0.5, 0.6) is 11.5 Å². The van der Waals surface area contributed by atoms with Gasteiger partial charge in [0.15, 0.2) is 5.78 Å². The maximum Gasteiger partial charge on any atom is 0.189 e. The first kappa shape index (κ1) is 16.1. The summed E-state index contributed by atoms with van der Waals surface area (Å²) in [7, 11) is 1.60. The summed E-state index contributed by atoms with van der Waals surface area (Å²) in [5.41, 5.74) is 1.04. The third-order valence-corrected chi connectivity index (χ3v) is 4.09. The number of hydrogen-bond acceptors (Lipinski definition) is 3. The van der Waals surface area contributed by atoms with Gasteiger partial charge in [0.25, 0.3) is 0 Å². The zero-order chi connectivity index (χ0) is 17.1. The molecular weight excluding hydrogens is 324 g/mol. The molecule has 0 atom stereocenters. The molecule has 0 saturated carbocycles. The van der Waals surface area contributed by atoms with E-state index in [-0.39, 0.29) is 17.1 Å². The molecule has 3 nitrogen and oxygen atoms in total. The Labute approximate surface area is 144 Å². The van der Waals surface area contributed by atoms with Crippen LogP contribution in [0.15, 0.2) is 60.7 Å². The molecule has 120 valence electrons. The Balaban J connectivity index is 1.93. The van der Waals surface area contributed by atoms with Crippen LogP contribution in [0.2, 0.25) is 5.02 Å². The summed E-state index contributed by atoms with van der Waals surface area (Å²) in [4.78, 5) is 12.4. The Hall–Kier alpha value is -2.78. The van der Waals surface area contributed by atoms with Gasteiger partial charge in [0.2, 0.25) is 0 Å².